The minimum Gasteiger partial charge on any atom is -0.495 e. The molecule has 1 fully saturated rings. The van der Waals surface area contributed by atoms with Crippen molar-refractivity contribution in [3.63, 3.8) is 0 Å². The van der Waals surface area contributed by atoms with Crippen molar-refractivity contribution < 1.29 is 23.1 Å². The number of pyridine rings is 1. The number of hydrogen-bond acceptors (Lipinski definition) is 6. The summed E-state index contributed by atoms with van der Waals surface area (Å²) in [5.74, 6) is -1.21. The Morgan fingerprint density at radius 3 is 2.40 bits per heavy atom. The molecule has 2 aliphatic carbocycles. The van der Waals surface area contributed by atoms with E-state index >= 15 is 0 Å². The molecule has 7 N–H and O–H groups in total. The van der Waals surface area contributed by atoms with E-state index in [1.165, 1.54) is 42.9 Å². The van der Waals surface area contributed by atoms with E-state index in [2.05, 4.69) is 31.0 Å². The number of primary amides is 1. The number of allylic oxidation sites excluding steroid dienone is 1. The number of fused-ring (bicyclic) bond motifs is 1. The number of carbonyl (C=O) groups excluding carboxylic acids is 2. The number of carbonyl (C=O) groups is 2. The van der Waals surface area contributed by atoms with E-state index in [0.717, 1.165) is 36.2 Å². The zero-order valence-corrected chi connectivity index (χ0v) is 25.9. The van der Waals surface area contributed by atoms with Gasteiger partial charge in [-0.3, -0.25) is 14.6 Å². The molecule has 0 aliphatic heterocycles. The van der Waals surface area contributed by atoms with Gasteiger partial charge in [0.05, 0.1) is 18.5 Å². The number of nitrogens with two attached hydrogens (primary N) is 3. The van der Waals surface area contributed by atoms with Gasteiger partial charge in [0.1, 0.15) is 11.6 Å². The van der Waals surface area contributed by atoms with Crippen LogP contribution < -0.4 is 27.3 Å². The second-order valence-electron chi connectivity index (χ2n) is 10.4. The molecular formula is C32H40F2N5O3P. The number of amides is 2. The van der Waals surface area contributed by atoms with Gasteiger partial charge in [0, 0.05) is 47.0 Å². The highest BCUT2D eigenvalue weighted by Gasteiger charge is 2.36. The Labute approximate surface area is 253 Å². The number of anilines is 1. The van der Waals surface area contributed by atoms with E-state index in [0.29, 0.717) is 29.3 Å². The van der Waals surface area contributed by atoms with Gasteiger partial charge in [-0.15, -0.1) is 0 Å². The molecule has 3 atom stereocenters. The molecule has 2 aromatic carbocycles. The average molecular weight is 612 g/mol. The molecule has 11 heteroatoms. The first-order valence-electron chi connectivity index (χ1n) is 14.1. The van der Waals surface area contributed by atoms with Crippen LogP contribution in [0.2, 0.25) is 0 Å². The van der Waals surface area contributed by atoms with Crippen molar-refractivity contribution in [1.29, 1.82) is 0 Å². The standard InChI is InChI=1S/C28H29F2N4O2P.C3H8.CH3NO/c1-36-24-12-18(8-17(25(24)32)10-22(31)27(30)37)28(35)33-13-21(14-2-3-14)23-11-16-9-20(16)26(34-23)15-4-6-19(29)7-5-15;1-3-2;2-1-3/h4-8,10-12,14,21,27H,2-3,9,13,31-32,37H2,1H3,(H,33,35);3H2,1-2H3;1H,(H2,2,3)/b22-10-;;. The van der Waals surface area contributed by atoms with E-state index in [4.69, 9.17) is 26.0 Å². The fraction of sp³-hybridized carbons (Fsp3) is 0.344. The number of hydrogen-bond donors (Lipinski definition) is 4. The van der Waals surface area contributed by atoms with Gasteiger partial charge in [-0.25, -0.2) is 8.78 Å². The highest BCUT2D eigenvalue weighted by Crippen LogP contribution is 2.45. The SMILES string of the molecule is CCC.COc1cc(C(=O)NCC(c2cc3c(c(-c4ccc(F)cc4)n2)C3)C2CC2)cc(/C=C(\N)C(F)P)c1N.NC=O. The van der Waals surface area contributed by atoms with Crippen molar-refractivity contribution in [3.05, 3.63) is 81.9 Å². The van der Waals surface area contributed by atoms with E-state index in [1.54, 1.807) is 24.3 Å². The number of ether oxygens (including phenoxy) is 1. The number of nitrogens with one attached hydrogen (secondary N) is 1. The number of methoxy groups -OCH3 is 1. The van der Waals surface area contributed by atoms with Crippen LogP contribution in [0.1, 0.15) is 71.8 Å². The summed E-state index contributed by atoms with van der Waals surface area (Å²) in [4.78, 5) is 26.7. The highest BCUT2D eigenvalue weighted by molar-refractivity contribution is 7.17. The van der Waals surface area contributed by atoms with Gasteiger partial charge >= 0.3 is 0 Å². The van der Waals surface area contributed by atoms with Crippen molar-refractivity contribution in [2.75, 3.05) is 19.4 Å². The highest BCUT2D eigenvalue weighted by atomic mass is 31.0. The maximum atomic E-state index is 13.6. The number of nitrogen functional groups attached to an aromatic ring is 1. The molecule has 0 bridgehead atoms. The van der Waals surface area contributed by atoms with Crippen LogP contribution in [0.5, 0.6) is 5.75 Å². The number of benzene rings is 2. The van der Waals surface area contributed by atoms with Crippen molar-refractivity contribution in [2.24, 2.45) is 17.4 Å². The van der Waals surface area contributed by atoms with E-state index < -0.39 is 5.91 Å². The van der Waals surface area contributed by atoms with Crippen LogP contribution >= 0.6 is 9.24 Å². The normalized spacial score (nSPS) is 14.5. The average Bonchev–Trinajstić information content (AvgIpc) is 3.90. The lowest BCUT2D eigenvalue weighted by Gasteiger charge is -2.18. The van der Waals surface area contributed by atoms with E-state index in [1.807, 2.05) is 9.24 Å². The lowest BCUT2D eigenvalue weighted by molar-refractivity contribution is -0.106. The Kier molecular flexibility index (Phi) is 12.0. The Morgan fingerprint density at radius 1 is 1.21 bits per heavy atom. The molecule has 1 aromatic heterocycles. The van der Waals surface area contributed by atoms with Gasteiger partial charge in [0.25, 0.3) is 5.91 Å². The first-order chi connectivity index (χ1) is 20.6. The Hall–Kier alpha value is -4.04. The summed E-state index contributed by atoms with van der Waals surface area (Å²) < 4.78 is 32.4. The summed E-state index contributed by atoms with van der Waals surface area (Å²) in [7, 11) is 3.43. The molecule has 0 spiro atoms. The zero-order chi connectivity index (χ0) is 31.7. The Morgan fingerprint density at radius 2 is 1.84 bits per heavy atom. The third kappa shape index (κ3) is 8.97. The monoisotopic (exact) mass is 611 g/mol. The van der Waals surface area contributed by atoms with Crippen LogP contribution in [-0.2, 0) is 11.2 Å². The molecule has 0 saturated heterocycles. The molecule has 3 unspecified atom stereocenters. The fourth-order valence-electron chi connectivity index (χ4n) is 4.61. The third-order valence-electron chi connectivity index (χ3n) is 6.95. The van der Waals surface area contributed by atoms with E-state index in [-0.39, 0.29) is 35.4 Å². The number of nitrogens with zero attached hydrogens (tertiary/aromatic N) is 1. The van der Waals surface area contributed by atoms with Gasteiger partial charge in [0.15, 0.2) is 5.91 Å². The first-order valence-corrected chi connectivity index (χ1v) is 14.8. The van der Waals surface area contributed by atoms with Crippen molar-refractivity contribution in [3.8, 4) is 17.0 Å². The third-order valence-corrected chi connectivity index (χ3v) is 7.33. The number of halogens is 2. The second-order valence-corrected chi connectivity index (χ2v) is 11.0. The molecular weight excluding hydrogens is 571 g/mol. The van der Waals surface area contributed by atoms with Crippen LogP contribution in [0, 0.1) is 11.7 Å². The molecule has 5 rings (SSSR count). The zero-order valence-electron chi connectivity index (χ0n) is 24.7. The van der Waals surface area contributed by atoms with Gasteiger partial charge in [0.2, 0.25) is 6.41 Å². The van der Waals surface area contributed by atoms with Gasteiger partial charge in [-0.2, -0.15) is 0 Å². The molecule has 3 aromatic rings. The van der Waals surface area contributed by atoms with Crippen LogP contribution in [-0.4, -0.2) is 36.9 Å². The summed E-state index contributed by atoms with van der Waals surface area (Å²) in [6.07, 6.45) is 5.94. The summed E-state index contributed by atoms with van der Waals surface area (Å²) in [5, 5.41) is 3.04. The van der Waals surface area contributed by atoms with Gasteiger partial charge in [-0.1, -0.05) is 29.5 Å². The number of alkyl halides is 1. The minimum atomic E-state index is -1.44. The van der Waals surface area contributed by atoms with Crippen LogP contribution in [0.4, 0.5) is 14.5 Å². The smallest absolute Gasteiger partial charge is 0.251 e. The topological polar surface area (TPSA) is 146 Å². The van der Waals surface area contributed by atoms with Crippen molar-refractivity contribution in [1.82, 2.24) is 10.3 Å². The summed E-state index contributed by atoms with van der Waals surface area (Å²) in [5.41, 5.74) is 22.2. The molecule has 0 radical (unpaired) electrons. The maximum absolute atomic E-state index is 13.6. The summed E-state index contributed by atoms with van der Waals surface area (Å²) in [6.45, 7) is 4.66. The molecule has 8 nitrogen and oxygen atoms in total. The maximum Gasteiger partial charge on any atom is 0.251 e. The molecule has 43 heavy (non-hydrogen) atoms. The minimum absolute atomic E-state index is 0.0297. The molecule has 230 valence electrons. The lowest BCUT2D eigenvalue weighted by Crippen LogP contribution is -2.29. The van der Waals surface area contributed by atoms with Gasteiger partial charge < -0.3 is 27.3 Å². The first kappa shape index (κ1) is 33.5. The Bertz CT molecular complexity index is 1460. The van der Waals surface area contributed by atoms with Gasteiger partial charge in [-0.05, 0) is 78.4 Å². The summed E-state index contributed by atoms with van der Waals surface area (Å²) in [6, 6.07) is 11.7. The van der Waals surface area contributed by atoms with Crippen LogP contribution in [0.15, 0.2) is 48.2 Å². The summed E-state index contributed by atoms with van der Waals surface area (Å²) >= 11 is 0. The fourth-order valence-corrected chi connectivity index (χ4v) is 4.70. The van der Waals surface area contributed by atoms with Crippen molar-refractivity contribution >= 4 is 33.3 Å². The molecule has 1 saturated carbocycles. The molecule has 2 amide bonds. The predicted octanol–water partition coefficient (Wildman–Crippen LogP) is 5.29. The quantitative estimate of drug-likeness (QED) is 0.115. The van der Waals surface area contributed by atoms with Crippen molar-refractivity contribution in [2.45, 2.75) is 51.4 Å². The molecule has 2 aliphatic rings. The largest absolute Gasteiger partial charge is 0.495 e. The number of aromatic nitrogens is 1. The van der Waals surface area contributed by atoms with Crippen LogP contribution in [0.25, 0.3) is 17.3 Å². The second kappa shape index (κ2) is 15.4. The lowest BCUT2D eigenvalue weighted by atomic mass is 9.97. The predicted molar refractivity (Wildman–Crippen MR) is 171 cm³/mol. The number of rotatable bonds is 9. The van der Waals surface area contributed by atoms with E-state index in [9.17, 15) is 13.6 Å². The van der Waals surface area contributed by atoms with Crippen LogP contribution in [0.3, 0.4) is 0 Å². The Balaban J connectivity index is 0.000000780. The molecule has 1 heterocycles.